The summed E-state index contributed by atoms with van der Waals surface area (Å²) in [6.45, 7) is 1.86. The van der Waals surface area contributed by atoms with Gasteiger partial charge in [0.15, 0.2) is 5.11 Å². The first-order chi connectivity index (χ1) is 17.9. The zero-order valence-corrected chi connectivity index (χ0v) is 21.3. The van der Waals surface area contributed by atoms with E-state index in [2.05, 4.69) is 10.3 Å². The summed E-state index contributed by atoms with van der Waals surface area (Å²) in [6.07, 6.45) is 1.74. The van der Waals surface area contributed by atoms with Gasteiger partial charge >= 0.3 is 5.97 Å². The minimum Gasteiger partial charge on any atom is -0.497 e. The standard InChI is InChI=1S/C28H25N3O5S/c1-16-14-17(27(32)33)7-9-19(16)22-11-12-23(36-22)26-25(20-6-4-5-13-29-20)30-28(37)31(26)21-10-8-18(34-2)15-24(21)35-3/h4-15,25-26H,1-3H3,(H,30,37)(H,32,33)/t25-,26-/m1/s1. The van der Waals surface area contributed by atoms with Crippen LogP contribution in [0, 0.1) is 6.92 Å². The lowest BCUT2D eigenvalue weighted by molar-refractivity contribution is 0.0696. The van der Waals surface area contributed by atoms with Crippen molar-refractivity contribution in [3.05, 3.63) is 95.5 Å². The van der Waals surface area contributed by atoms with Gasteiger partial charge in [0.25, 0.3) is 0 Å². The molecule has 188 valence electrons. The number of carboxylic acids is 1. The Bertz CT molecular complexity index is 1470. The molecule has 0 bridgehead atoms. The number of benzene rings is 2. The van der Waals surface area contributed by atoms with Gasteiger partial charge in [0, 0.05) is 17.8 Å². The van der Waals surface area contributed by atoms with Gasteiger partial charge in [0.05, 0.1) is 37.2 Å². The predicted octanol–water partition coefficient (Wildman–Crippen LogP) is 5.54. The van der Waals surface area contributed by atoms with Crippen molar-refractivity contribution in [2.45, 2.75) is 19.0 Å². The van der Waals surface area contributed by atoms with Gasteiger partial charge in [-0.05, 0) is 73.2 Å². The number of furan rings is 1. The molecular formula is C28H25N3O5S. The number of hydrogen-bond donors (Lipinski definition) is 2. The van der Waals surface area contributed by atoms with Crippen LogP contribution in [-0.2, 0) is 0 Å². The molecule has 0 saturated carbocycles. The fraction of sp³-hybridized carbons (Fsp3) is 0.179. The van der Waals surface area contributed by atoms with E-state index < -0.39 is 5.97 Å². The number of pyridine rings is 1. The van der Waals surface area contributed by atoms with E-state index in [0.717, 1.165) is 22.5 Å². The molecule has 4 aromatic rings. The van der Waals surface area contributed by atoms with E-state index in [1.807, 2.05) is 60.4 Å². The van der Waals surface area contributed by atoms with Crippen molar-refractivity contribution in [3.8, 4) is 22.8 Å². The van der Waals surface area contributed by atoms with Crippen molar-refractivity contribution in [1.82, 2.24) is 10.3 Å². The lowest BCUT2D eigenvalue weighted by Gasteiger charge is -2.27. The van der Waals surface area contributed by atoms with E-state index in [-0.39, 0.29) is 17.6 Å². The SMILES string of the molecule is COc1ccc(N2C(=S)N[C@H](c3ccccn3)[C@H]2c2ccc(-c3ccc(C(=O)O)cc3C)o2)c(OC)c1. The van der Waals surface area contributed by atoms with Gasteiger partial charge in [-0.3, -0.25) is 4.98 Å². The number of aromatic carboxylic acids is 1. The molecule has 0 radical (unpaired) electrons. The van der Waals surface area contributed by atoms with Crippen LogP contribution < -0.4 is 19.7 Å². The number of rotatable bonds is 7. The smallest absolute Gasteiger partial charge is 0.335 e. The van der Waals surface area contributed by atoms with Gasteiger partial charge in [-0.25, -0.2) is 4.79 Å². The van der Waals surface area contributed by atoms with Crippen molar-refractivity contribution in [2.75, 3.05) is 19.1 Å². The highest BCUT2D eigenvalue weighted by atomic mass is 32.1. The quantitative estimate of drug-likeness (QED) is 0.307. The summed E-state index contributed by atoms with van der Waals surface area (Å²) in [5.74, 6) is 1.59. The lowest BCUT2D eigenvalue weighted by Crippen LogP contribution is -2.29. The number of thiocarbonyl (C=S) groups is 1. The number of nitrogens with zero attached hydrogens (tertiary/aromatic N) is 2. The van der Waals surface area contributed by atoms with Crippen molar-refractivity contribution >= 4 is 29.0 Å². The Morgan fingerprint density at radius 3 is 2.59 bits per heavy atom. The maximum atomic E-state index is 11.4. The molecule has 0 amide bonds. The van der Waals surface area contributed by atoms with Gasteiger partial charge in [0.1, 0.15) is 29.1 Å². The van der Waals surface area contributed by atoms with Crippen molar-refractivity contribution in [1.29, 1.82) is 0 Å². The first kappa shape index (κ1) is 24.3. The molecule has 2 N–H and O–H groups in total. The Labute approximate surface area is 219 Å². The molecule has 9 heteroatoms. The molecule has 0 spiro atoms. The van der Waals surface area contributed by atoms with Gasteiger partial charge in [0.2, 0.25) is 0 Å². The van der Waals surface area contributed by atoms with E-state index >= 15 is 0 Å². The molecule has 1 saturated heterocycles. The third-order valence-corrected chi connectivity index (χ3v) is 6.72. The molecule has 0 unspecified atom stereocenters. The number of ether oxygens (including phenoxy) is 2. The predicted molar refractivity (Wildman–Crippen MR) is 143 cm³/mol. The van der Waals surface area contributed by atoms with E-state index in [4.69, 9.17) is 26.1 Å². The lowest BCUT2D eigenvalue weighted by atomic mass is 10.0. The summed E-state index contributed by atoms with van der Waals surface area (Å²) >= 11 is 5.81. The molecule has 37 heavy (non-hydrogen) atoms. The minimum atomic E-state index is -0.970. The van der Waals surface area contributed by atoms with Crippen LogP contribution in [-0.4, -0.2) is 35.4 Å². The Hall–Kier alpha value is -4.37. The van der Waals surface area contributed by atoms with Gasteiger partial charge in [-0.1, -0.05) is 12.1 Å². The number of methoxy groups -OCH3 is 2. The van der Waals surface area contributed by atoms with Crippen LogP contribution in [0.15, 0.2) is 77.3 Å². The van der Waals surface area contributed by atoms with Crippen LogP contribution in [0.25, 0.3) is 11.3 Å². The first-order valence-corrected chi connectivity index (χ1v) is 12.0. The monoisotopic (exact) mass is 515 g/mol. The van der Waals surface area contributed by atoms with Crippen LogP contribution >= 0.6 is 12.2 Å². The summed E-state index contributed by atoms with van der Waals surface area (Å²) in [6, 6.07) is 19.4. The maximum absolute atomic E-state index is 11.4. The molecule has 1 aliphatic rings. The average molecular weight is 516 g/mol. The molecule has 2 atom stereocenters. The molecule has 1 fully saturated rings. The summed E-state index contributed by atoms with van der Waals surface area (Å²) in [5.41, 5.74) is 3.41. The second kappa shape index (κ2) is 9.94. The van der Waals surface area contributed by atoms with Crippen LogP contribution in [0.3, 0.4) is 0 Å². The highest BCUT2D eigenvalue weighted by Gasteiger charge is 2.43. The normalized spacial score (nSPS) is 16.9. The van der Waals surface area contributed by atoms with Crippen molar-refractivity contribution < 1.29 is 23.8 Å². The topological polar surface area (TPSA) is 97.1 Å². The summed E-state index contributed by atoms with van der Waals surface area (Å²) < 4.78 is 17.5. The minimum absolute atomic E-state index is 0.228. The van der Waals surface area contributed by atoms with Crippen LogP contribution in [0.5, 0.6) is 11.5 Å². The van der Waals surface area contributed by atoms with E-state index in [9.17, 15) is 9.90 Å². The molecule has 5 rings (SSSR count). The Morgan fingerprint density at radius 1 is 1.08 bits per heavy atom. The molecule has 3 heterocycles. The average Bonchev–Trinajstić information content (AvgIpc) is 3.53. The van der Waals surface area contributed by atoms with E-state index in [1.54, 1.807) is 38.6 Å². The van der Waals surface area contributed by atoms with Crippen molar-refractivity contribution in [2.24, 2.45) is 0 Å². The van der Waals surface area contributed by atoms with E-state index in [1.165, 1.54) is 0 Å². The summed E-state index contributed by atoms with van der Waals surface area (Å²) in [7, 11) is 3.20. The second-order valence-corrected chi connectivity index (χ2v) is 8.96. The Balaban J connectivity index is 1.61. The fourth-order valence-electron chi connectivity index (χ4n) is 4.62. The van der Waals surface area contributed by atoms with Gasteiger partial charge in [-0.15, -0.1) is 0 Å². The van der Waals surface area contributed by atoms with Gasteiger partial charge in [-0.2, -0.15) is 0 Å². The highest BCUT2D eigenvalue weighted by Crippen LogP contribution is 2.46. The Kier molecular flexibility index (Phi) is 6.54. The van der Waals surface area contributed by atoms with Crippen molar-refractivity contribution in [3.63, 3.8) is 0 Å². The van der Waals surface area contributed by atoms with Crippen LogP contribution in [0.2, 0.25) is 0 Å². The number of carboxylic acid groups (broad SMARTS) is 1. The van der Waals surface area contributed by atoms with E-state index in [0.29, 0.717) is 28.1 Å². The first-order valence-electron chi connectivity index (χ1n) is 11.6. The fourth-order valence-corrected chi connectivity index (χ4v) is 4.96. The molecule has 8 nitrogen and oxygen atoms in total. The zero-order chi connectivity index (χ0) is 26.1. The maximum Gasteiger partial charge on any atom is 0.335 e. The third kappa shape index (κ3) is 4.49. The number of carbonyl (C=O) groups is 1. The second-order valence-electron chi connectivity index (χ2n) is 8.57. The van der Waals surface area contributed by atoms with Crippen LogP contribution in [0.4, 0.5) is 5.69 Å². The number of aromatic nitrogens is 1. The zero-order valence-electron chi connectivity index (χ0n) is 20.5. The molecular weight excluding hydrogens is 490 g/mol. The third-order valence-electron chi connectivity index (χ3n) is 6.40. The number of hydrogen-bond acceptors (Lipinski definition) is 6. The molecule has 0 aliphatic carbocycles. The number of nitrogens with one attached hydrogen (secondary N) is 1. The summed E-state index contributed by atoms with van der Waals surface area (Å²) in [4.78, 5) is 17.9. The summed E-state index contributed by atoms with van der Waals surface area (Å²) in [5, 5.41) is 13.2. The highest BCUT2D eigenvalue weighted by molar-refractivity contribution is 7.80. The largest absolute Gasteiger partial charge is 0.497 e. The number of aryl methyl sites for hydroxylation is 1. The number of anilines is 1. The van der Waals surface area contributed by atoms with Gasteiger partial charge < -0.3 is 29.2 Å². The molecule has 2 aromatic carbocycles. The molecule has 1 aliphatic heterocycles. The molecule has 2 aromatic heterocycles. The van der Waals surface area contributed by atoms with Crippen LogP contribution in [0.1, 0.15) is 39.5 Å². The Morgan fingerprint density at radius 2 is 1.92 bits per heavy atom.